The largest absolute Gasteiger partial charge is 0.497 e. The van der Waals surface area contributed by atoms with Crippen LogP contribution in [0.5, 0.6) is 5.75 Å². The number of nitrogens with two attached hydrogens (primary N) is 1. The molecule has 4 nitrogen and oxygen atoms in total. The van der Waals surface area contributed by atoms with Crippen LogP contribution in [0.25, 0.3) is 0 Å². The van der Waals surface area contributed by atoms with E-state index in [1.54, 1.807) is 7.11 Å². The number of rotatable bonds is 9. The van der Waals surface area contributed by atoms with Crippen LogP contribution in [0, 0.1) is 0 Å². The van der Waals surface area contributed by atoms with E-state index in [9.17, 15) is 0 Å². The first-order valence-corrected chi connectivity index (χ1v) is 7.04. The molecule has 1 aromatic rings. The lowest BCUT2D eigenvalue weighted by Gasteiger charge is -2.22. The zero-order chi connectivity index (χ0) is 14.1. The molecule has 1 aromatic carbocycles. The Morgan fingerprint density at radius 1 is 1.32 bits per heavy atom. The second kappa shape index (κ2) is 8.91. The summed E-state index contributed by atoms with van der Waals surface area (Å²) in [7, 11) is 1.68. The molecule has 0 bridgehead atoms. The first-order chi connectivity index (χ1) is 9.24. The van der Waals surface area contributed by atoms with Gasteiger partial charge in [-0.1, -0.05) is 26.0 Å². The van der Waals surface area contributed by atoms with E-state index in [1.807, 2.05) is 18.2 Å². The Kier molecular flexibility index (Phi) is 7.48. The standard InChI is InChI=1S/C15H27N3O/c1-4-18(5-2)10-9-17-15(12-16)13-7-6-8-14(11-13)19-3/h6-8,11,15,17H,4-5,9-10,12,16H2,1-3H3. The molecule has 0 aliphatic rings. The number of methoxy groups -OCH3 is 1. The topological polar surface area (TPSA) is 50.5 Å². The fourth-order valence-electron chi connectivity index (χ4n) is 2.13. The second-order valence-corrected chi connectivity index (χ2v) is 4.55. The van der Waals surface area contributed by atoms with Crippen LogP contribution in [0.15, 0.2) is 24.3 Å². The Bertz CT molecular complexity index is 353. The van der Waals surface area contributed by atoms with Gasteiger partial charge in [-0.2, -0.15) is 0 Å². The van der Waals surface area contributed by atoms with E-state index in [1.165, 1.54) is 5.56 Å². The normalized spacial score (nSPS) is 12.7. The quantitative estimate of drug-likeness (QED) is 0.712. The summed E-state index contributed by atoms with van der Waals surface area (Å²) in [4.78, 5) is 2.39. The predicted octanol–water partition coefficient (Wildman–Crippen LogP) is 1.63. The van der Waals surface area contributed by atoms with Gasteiger partial charge >= 0.3 is 0 Å². The maximum atomic E-state index is 5.86. The van der Waals surface area contributed by atoms with Gasteiger partial charge < -0.3 is 20.7 Å². The zero-order valence-electron chi connectivity index (χ0n) is 12.4. The van der Waals surface area contributed by atoms with Crippen molar-refractivity contribution in [2.24, 2.45) is 5.73 Å². The molecule has 3 N–H and O–H groups in total. The van der Waals surface area contributed by atoms with Crippen LogP contribution in [0.2, 0.25) is 0 Å². The number of likely N-dealkylation sites (N-methyl/N-ethyl adjacent to an activating group) is 1. The fraction of sp³-hybridized carbons (Fsp3) is 0.600. The molecule has 1 unspecified atom stereocenters. The maximum Gasteiger partial charge on any atom is 0.119 e. The Balaban J connectivity index is 2.52. The minimum atomic E-state index is 0.186. The molecule has 108 valence electrons. The number of hydrogen-bond acceptors (Lipinski definition) is 4. The second-order valence-electron chi connectivity index (χ2n) is 4.55. The molecule has 1 atom stereocenters. The highest BCUT2D eigenvalue weighted by Gasteiger charge is 2.10. The summed E-state index contributed by atoms with van der Waals surface area (Å²) in [6, 6.07) is 8.27. The minimum Gasteiger partial charge on any atom is -0.497 e. The van der Waals surface area contributed by atoms with Crippen molar-refractivity contribution >= 4 is 0 Å². The molecule has 0 aliphatic carbocycles. The smallest absolute Gasteiger partial charge is 0.119 e. The van der Waals surface area contributed by atoms with E-state index in [0.29, 0.717) is 6.54 Å². The lowest BCUT2D eigenvalue weighted by molar-refractivity contribution is 0.296. The molecule has 0 radical (unpaired) electrons. The summed E-state index contributed by atoms with van der Waals surface area (Å²) in [5.41, 5.74) is 7.04. The Morgan fingerprint density at radius 3 is 2.63 bits per heavy atom. The molecule has 4 heteroatoms. The van der Waals surface area contributed by atoms with Crippen molar-refractivity contribution < 1.29 is 4.74 Å². The number of nitrogens with one attached hydrogen (secondary N) is 1. The summed E-state index contributed by atoms with van der Waals surface area (Å²) in [6.45, 7) is 9.13. The number of hydrogen-bond donors (Lipinski definition) is 2. The average molecular weight is 265 g/mol. The van der Waals surface area contributed by atoms with E-state index in [0.717, 1.165) is 31.9 Å². The monoisotopic (exact) mass is 265 g/mol. The number of ether oxygens (including phenoxy) is 1. The molecule has 0 heterocycles. The van der Waals surface area contributed by atoms with Crippen molar-refractivity contribution in [3.05, 3.63) is 29.8 Å². The molecule has 0 aliphatic heterocycles. The molecule has 0 fully saturated rings. The highest BCUT2D eigenvalue weighted by Crippen LogP contribution is 2.18. The molecule has 0 saturated heterocycles. The summed E-state index contributed by atoms with van der Waals surface area (Å²) in [6.07, 6.45) is 0. The van der Waals surface area contributed by atoms with Crippen LogP contribution in [-0.4, -0.2) is 44.7 Å². The van der Waals surface area contributed by atoms with Crippen molar-refractivity contribution in [2.45, 2.75) is 19.9 Å². The third-order valence-corrected chi connectivity index (χ3v) is 3.45. The van der Waals surface area contributed by atoms with Gasteiger partial charge in [0.25, 0.3) is 0 Å². The molecule has 0 amide bonds. The van der Waals surface area contributed by atoms with E-state index >= 15 is 0 Å². The van der Waals surface area contributed by atoms with Crippen molar-refractivity contribution in [2.75, 3.05) is 39.8 Å². The van der Waals surface area contributed by atoms with Crippen molar-refractivity contribution in [3.8, 4) is 5.75 Å². The van der Waals surface area contributed by atoms with Crippen molar-refractivity contribution in [1.29, 1.82) is 0 Å². The Morgan fingerprint density at radius 2 is 2.05 bits per heavy atom. The van der Waals surface area contributed by atoms with Gasteiger partial charge in [0.1, 0.15) is 5.75 Å². The van der Waals surface area contributed by atoms with E-state index in [2.05, 4.69) is 30.1 Å². The first-order valence-electron chi connectivity index (χ1n) is 7.04. The Hall–Kier alpha value is -1.10. The van der Waals surface area contributed by atoms with Crippen LogP contribution in [-0.2, 0) is 0 Å². The van der Waals surface area contributed by atoms with Crippen LogP contribution in [0.3, 0.4) is 0 Å². The minimum absolute atomic E-state index is 0.186. The highest BCUT2D eigenvalue weighted by atomic mass is 16.5. The fourth-order valence-corrected chi connectivity index (χ4v) is 2.13. The predicted molar refractivity (Wildman–Crippen MR) is 80.6 cm³/mol. The molecular formula is C15H27N3O. The van der Waals surface area contributed by atoms with Gasteiger partial charge in [0.05, 0.1) is 7.11 Å². The zero-order valence-corrected chi connectivity index (χ0v) is 12.4. The number of nitrogens with zero attached hydrogens (tertiary/aromatic N) is 1. The van der Waals surface area contributed by atoms with Gasteiger partial charge in [0.2, 0.25) is 0 Å². The lowest BCUT2D eigenvalue weighted by atomic mass is 10.1. The summed E-state index contributed by atoms with van der Waals surface area (Å²) in [5, 5.41) is 3.51. The Labute approximate surface area is 116 Å². The molecule has 1 rings (SSSR count). The van der Waals surface area contributed by atoms with Crippen molar-refractivity contribution in [1.82, 2.24) is 10.2 Å². The van der Waals surface area contributed by atoms with Gasteiger partial charge in [-0.15, -0.1) is 0 Å². The lowest BCUT2D eigenvalue weighted by Crippen LogP contribution is -2.36. The maximum absolute atomic E-state index is 5.86. The van der Waals surface area contributed by atoms with Crippen LogP contribution < -0.4 is 15.8 Å². The van der Waals surface area contributed by atoms with E-state index in [4.69, 9.17) is 10.5 Å². The molecule has 0 spiro atoms. The highest BCUT2D eigenvalue weighted by molar-refractivity contribution is 5.30. The summed E-state index contributed by atoms with van der Waals surface area (Å²) >= 11 is 0. The molecule has 0 saturated carbocycles. The number of benzene rings is 1. The van der Waals surface area contributed by atoms with Gasteiger partial charge in [-0.05, 0) is 30.8 Å². The van der Waals surface area contributed by atoms with Gasteiger partial charge in [0.15, 0.2) is 0 Å². The SMILES string of the molecule is CCN(CC)CCNC(CN)c1cccc(OC)c1. The van der Waals surface area contributed by atoms with Crippen LogP contribution >= 0.6 is 0 Å². The van der Waals surface area contributed by atoms with Crippen LogP contribution in [0.1, 0.15) is 25.5 Å². The summed E-state index contributed by atoms with van der Waals surface area (Å²) < 4.78 is 5.25. The van der Waals surface area contributed by atoms with Crippen molar-refractivity contribution in [3.63, 3.8) is 0 Å². The third-order valence-electron chi connectivity index (χ3n) is 3.45. The van der Waals surface area contributed by atoms with Gasteiger partial charge in [0, 0.05) is 25.7 Å². The first kappa shape index (κ1) is 16.0. The molecular weight excluding hydrogens is 238 g/mol. The van der Waals surface area contributed by atoms with Gasteiger partial charge in [-0.25, -0.2) is 0 Å². The average Bonchev–Trinajstić information content (AvgIpc) is 2.47. The van der Waals surface area contributed by atoms with Crippen LogP contribution in [0.4, 0.5) is 0 Å². The van der Waals surface area contributed by atoms with E-state index < -0.39 is 0 Å². The third kappa shape index (κ3) is 5.19. The molecule has 0 aromatic heterocycles. The molecule has 19 heavy (non-hydrogen) atoms. The van der Waals surface area contributed by atoms with E-state index in [-0.39, 0.29) is 6.04 Å². The summed E-state index contributed by atoms with van der Waals surface area (Å²) in [5.74, 6) is 0.876. The van der Waals surface area contributed by atoms with Gasteiger partial charge in [-0.3, -0.25) is 0 Å².